The third-order valence-electron chi connectivity index (χ3n) is 4.61. The first-order chi connectivity index (χ1) is 14.1. The van der Waals surface area contributed by atoms with Crippen LogP contribution in [0.3, 0.4) is 0 Å². The largest absolute Gasteiger partial charge is 0.469 e. The molecule has 0 aromatic heterocycles. The number of ether oxygens (including phenoxy) is 4. The Morgan fingerprint density at radius 3 is 2.30 bits per heavy atom. The fourth-order valence-corrected chi connectivity index (χ4v) is 2.93. The summed E-state index contributed by atoms with van der Waals surface area (Å²) in [6.45, 7) is 0.919. The Morgan fingerprint density at radius 2 is 1.67 bits per heavy atom. The van der Waals surface area contributed by atoms with Crippen LogP contribution in [0.15, 0.2) is 30.3 Å². The molecule has 6 unspecified atom stereocenters. The zero-order chi connectivity index (χ0) is 22.3. The Hall–Kier alpha value is -2.08. The second kappa shape index (κ2) is 10.8. The average molecular weight is 428 g/mol. The van der Waals surface area contributed by atoms with E-state index in [9.17, 15) is 30.0 Å². The van der Waals surface area contributed by atoms with Crippen LogP contribution in [0.2, 0.25) is 0 Å². The molecule has 0 saturated carbocycles. The highest BCUT2D eigenvalue weighted by molar-refractivity contribution is 5.74. The number of aliphatic hydroxyl groups excluding tert-OH is 3. The van der Waals surface area contributed by atoms with Gasteiger partial charge < -0.3 is 39.4 Å². The van der Waals surface area contributed by atoms with Gasteiger partial charge >= 0.3 is 11.9 Å². The lowest BCUT2D eigenvalue weighted by atomic mass is 9.98. The van der Waals surface area contributed by atoms with Gasteiger partial charge in [0.2, 0.25) is 0 Å². The van der Waals surface area contributed by atoms with Crippen molar-refractivity contribution in [3.8, 4) is 0 Å². The van der Waals surface area contributed by atoms with Gasteiger partial charge in [-0.05, 0) is 12.5 Å². The lowest BCUT2D eigenvalue weighted by molar-refractivity contribution is -0.304. The summed E-state index contributed by atoms with van der Waals surface area (Å²) in [5.74, 6) is -1.53. The lowest BCUT2D eigenvalue weighted by Crippen LogP contribution is -2.59. The summed E-state index contributed by atoms with van der Waals surface area (Å²) in [6.07, 6.45) is -7.93. The van der Waals surface area contributed by atoms with Gasteiger partial charge in [-0.2, -0.15) is 0 Å². The first-order valence-electron chi connectivity index (χ1n) is 9.43. The van der Waals surface area contributed by atoms with Gasteiger partial charge in [0.05, 0.1) is 32.2 Å². The molecule has 0 bridgehead atoms. The molecular weight excluding hydrogens is 400 g/mol. The second-order valence-electron chi connectivity index (χ2n) is 7.42. The summed E-state index contributed by atoms with van der Waals surface area (Å²) >= 11 is 0. The molecule has 0 aliphatic carbocycles. The number of carbonyl (C=O) groups excluding carboxylic acids is 2. The SMILES string of the molecule is COC(=O)CC(C)(O)CC(=O)OCC1OC(OCc2ccccc2)C(O)C(O)C1O. The number of hydrogen-bond donors (Lipinski definition) is 4. The van der Waals surface area contributed by atoms with Crippen molar-refractivity contribution in [3.63, 3.8) is 0 Å². The van der Waals surface area contributed by atoms with Crippen LogP contribution >= 0.6 is 0 Å². The molecule has 1 aromatic carbocycles. The van der Waals surface area contributed by atoms with Crippen molar-refractivity contribution in [2.45, 2.75) is 62.7 Å². The predicted molar refractivity (Wildman–Crippen MR) is 101 cm³/mol. The molecule has 0 radical (unpaired) electrons. The van der Waals surface area contributed by atoms with Crippen LogP contribution in [0.25, 0.3) is 0 Å². The van der Waals surface area contributed by atoms with E-state index in [1.807, 2.05) is 18.2 Å². The molecule has 0 spiro atoms. The van der Waals surface area contributed by atoms with Crippen LogP contribution in [-0.4, -0.2) is 82.4 Å². The van der Waals surface area contributed by atoms with Crippen molar-refractivity contribution in [2.75, 3.05) is 13.7 Å². The normalized spacial score (nSPS) is 28.4. The minimum Gasteiger partial charge on any atom is -0.469 e. The van der Waals surface area contributed by atoms with Gasteiger partial charge in [-0.3, -0.25) is 9.59 Å². The molecule has 30 heavy (non-hydrogen) atoms. The van der Waals surface area contributed by atoms with Gasteiger partial charge in [0.15, 0.2) is 6.29 Å². The molecule has 10 heteroatoms. The summed E-state index contributed by atoms with van der Waals surface area (Å²) in [7, 11) is 1.16. The number of benzene rings is 1. The second-order valence-corrected chi connectivity index (χ2v) is 7.42. The first-order valence-corrected chi connectivity index (χ1v) is 9.43. The number of methoxy groups -OCH3 is 1. The third kappa shape index (κ3) is 7.01. The topological polar surface area (TPSA) is 152 Å². The average Bonchev–Trinajstić information content (AvgIpc) is 2.70. The van der Waals surface area contributed by atoms with E-state index >= 15 is 0 Å². The number of esters is 2. The highest BCUT2D eigenvalue weighted by atomic mass is 16.7. The van der Waals surface area contributed by atoms with E-state index in [1.165, 1.54) is 6.92 Å². The van der Waals surface area contributed by atoms with E-state index in [-0.39, 0.29) is 6.61 Å². The Balaban J connectivity index is 1.89. The third-order valence-corrected chi connectivity index (χ3v) is 4.61. The smallest absolute Gasteiger partial charge is 0.308 e. The van der Waals surface area contributed by atoms with Gasteiger partial charge in [-0.15, -0.1) is 0 Å². The zero-order valence-corrected chi connectivity index (χ0v) is 16.8. The predicted octanol–water partition coefficient (Wildman–Crippen LogP) is -0.742. The van der Waals surface area contributed by atoms with E-state index in [2.05, 4.69) is 4.74 Å². The molecule has 1 fully saturated rings. The Bertz CT molecular complexity index is 692. The molecule has 1 aromatic rings. The summed E-state index contributed by atoms with van der Waals surface area (Å²) < 4.78 is 20.4. The molecular formula is C20H28O10. The quantitative estimate of drug-likeness (QED) is 0.370. The number of carbonyl (C=O) groups is 2. The molecule has 1 heterocycles. The van der Waals surface area contributed by atoms with Gasteiger partial charge in [0.1, 0.15) is 31.0 Å². The lowest BCUT2D eigenvalue weighted by Gasteiger charge is -2.40. The Labute approximate surface area is 173 Å². The summed E-state index contributed by atoms with van der Waals surface area (Å²) in [5, 5.41) is 40.4. The van der Waals surface area contributed by atoms with Gasteiger partial charge in [0, 0.05) is 0 Å². The highest BCUT2D eigenvalue weighted by Crippen LogP contribution is 2.24. The first kappa shape index (κ1) is 24.2. The van der Waals surface area contributed by atoms with E-state index in [1.54, 1.807) is 12.1 Å². The van der Waals surface area contributed by atoms with Gasteiger partial charge in [0.25, 0.3) is 0 Å². The molecule has 6 atom stereocenters. The number of aliphatic hydroxyl groups is 4. The molecule has 168 valence electrons. The molecule has 1 saturated heterocycles. The van der Waals surface area contributed by atoms with Crippen LogP contribution in [0.5, 0.6) is 0 Å². The molecule has 10 nitrogen and oxygen atoms in total. The minimum atomic E-state index is -1.67. The fraction of sp³-hybridized carbons (Fsp3) is 0.600. The standard InChI is InChI=1S/C20H28O10/c1-20(26,8-14(21)27-2)9-15(22)28-11-13-16(23)17(24)18(25)19(30-13)29-10-12-6-4-3-5-7-12/h3-7,13,16-19,23-26H,8-11H2,1-2H3. The fourth-order valence-electron chi connectivity index (χ4n) is 2.93. The monoisotopic (exact) mass is 428 g/mol. The van der Waals surface area contributed by atoms with Crippen LogP contribution < -0.4 is 0 Å². The van der Waals surface area contributed by atoms with Crippen molar-refractivity contribution < 1.29 is 49.0 Å². The maximum atomic E-state index is 12.0. The van der Waals surface area contributed by atoms with Crippen molar-refractivity contribution in [1.29, 1.82) is 0 Å². The maximum Gasteiger partial charge on any atom is 0.308 e. The van der Waals surface area contributed by atoms with Crippen molar-refractivity contribution in [3.05, 3.63) is 35.9 Å². The Kier molecular flexibility index (Phi) is 8.71. The highest BCUT2D eigenvalue weighted by Gasteiger charge is 2.45. The summed E-state index contributed by atoms with van der Waals surface area (Å²) in [5.41, 5.74) is -0.863. The van der Waals surface area contributed by atoms with Crippen molar-refractivity contribution in [2.24, 2.45) is 0 Å². The Morgan fingerprint density at radius 1 is 1.03 bits per heavy atom. The van der Waals surface area contributed by atoms with Crippen LogP contribution in [0.4, 0.5) is 0 Å². The molecule has 1 aliphatic heterocycles. The van der Waals surface area contributed by atoms with Crippen molar-refractivity contribution in [1.82, 2.24) is 0 Å². The molecule has 1 aliphatic rings. The van der Waals surface area contributed by atoms with Crippen LogP contribution in [0, 0.1) is 0 Å². The number of hydrogen-bond acceptors (Lipinski definition) is 10. The van der Waals surface area contributed by atoms with Gasteiger partial charge in [-0.1, -0.05) is 30.3 Å². The van der Waals surface area contributed by atoms with Gasteiger partial charge in [-0.25, -0.2) is 0 Å². The van der Waals surface area contributed by atoms with Crippen LogP contribution in [-0.2, 0) is 35.1 Å². The van der Waals surface area contributed by atoms with Crippen molar-refractivity contribution >= 4 is 11.9 Å². The van der Waals surface area contributed by atoms with E-state index in [4.69, 9.17) is 14.2 Å². The summed E-state index contributed by atoms with van der Waals surface area (Å²) in [4.78, 5) is 23.3. The molecule has 4 N–H and O–H groups in total. The molecule has 2 rings (SSSR count). The van der Waals surface area contributed by atoms with E-state index in [0.29, 0.717) is 0 Å². The minimum absolute atomic E-state index is 0.0916. The van der Waals surface area contributed by atoms with E-state index < -0.39 is 67.7 Å². The van der Waals surface area contributed by atoms with E-state index in [0.717, 1.165) is 12.7 Å². The maximum absolute atomic E-state index is 12.0. The number of rotatable bonds is 9. The zero-order valence-electron chi connectivity index (χ0n) is 16.8. The molecule has 0 amide bonds. The van der Waals surface area contributed by atoms with Crippen LogP contribution in [0.1, 0.15) is 25.3 Å². The summed E-state index contributed by atoms with van der Waals surface area (Å²) in [6, 6.07) is 9.07.